The van der Waals surface area contributed by atoms with Crippen molar-refractivity contribution in [3.05, 3.63) is 29.8 Å². The molecule has 0 aliphatic carbocycles. The Morgan fingerprint density at radius 1 is 1.30 bits per heavy atom. The molecular weight excluding hydrogens is 256 g/mol. The molecule has 1 amide bonds. The molecule has 5 heteroatoms. The first-order valence-corrected chi connectivity index (χ1v) is 6.56. The van der Waals surface area contributed by atoms with Crippen LogP contribution in [0.4, 0.5) is 4.79 Å². The van der Waals surface area contributed by atoms with Gasteiger partial charge in [0.25, 0.3) is 0 Å². The van der Waals surface area contributed by atoms with E-state index in [1.54, 1.807) is 7.11 Å². The molecule has 1 atom stereocenters. The summed E-state index contributed by atoms with van der Waals surface area (Å²) in [6, 6.07) is 7.45. The van der Waals surface area contributed by atoms with Crippen molar-refractivity contribution >= 4 is 6.09 Å². The molecule has 0 radical (unpaired) electrons. The molecule has 112 valence electrons. The highest BCUT2D eigenvalue weighted by Crippen LogP contribution is 2.24. The third-order valence-electron chi connectivity index (χ3n) is 2.89. The lowest BCUT2D eigenvalue weighted by Crippen LogP contribution is -2.50. The summed E-state index contributed by atoms with van der Waals surface area (Å²) in [7, 11) is 1.60. The van der Waals surface area contributed by atoms with Crippen LogP contribution in [0.5, 0.6) is 5.75 Å². The fourth-order valence-electron chi connectivity index (χ4n) is 1.74. The molecule has 0 bridgehead atoms. The summed E-state index contributed by atoms with van der Waals surface area (Å²) < 4.78 is 10.5. The Kier molecular flexibility index (Phi) is 5.00. The number of ether oxygens (including phenoxy) is 2. The van der Waals surface area contributed by atoms with Gasteiger partial charge in [0.1, 0.15) is 11.4 Å². The van der Waals surface area contributed by atoms with Crippen molar-refractivity contribution in [1.82, 2.24) is 5.32 Å². The van der Waals surface area contributed by atoms with Crippen molar-refractivity contribution in [2.24, 2.45) is 5.73 Å². The normalized spacial score (nSPS) is 14.3. The SMILES string of the molecule is COc1cccc(C(C)(CN)NC(=O)OC(C)(C)C)c1. The second kappa shape index (κ2) is 6.13. The van der Waals surface area contributed by atoms with E-state index in [9.17, 15) is 4.79 Å². The third-order valence-corrected chi connectivity index (χ3v) is 2.89. The first kappa shape index (κ1) is 16.3. The van der Waals surface area contributed by atoms with Crippen LogP contribution in [-0.4, -0.2) is 25.3 Å². The van der Waals surface area contributed by atoms with Gasteiger partial charge >= 0.3 is 6.09 Å². The van der Waals surface area contributed by atoms with Crippen molar-refractivity contribution in [3.8, 4) is 5.75 Å². The minimum atomic E-state index is -0.711. The molecule has 0 aromatic heterocycles. The lowest BCUT2D eigenvalue weighted by Gasteiger charge is -2.31. The molecule has 1 aromatic carbocycles. The molecule has 0 saturated carbocycles. The molecule has 0 aliphatic rings. The number of carbonyl (C=O) groups is 1. The number of benzene rings is 1. The topological polar surface area (TPSA) is 73.6 Å². The first-order chi connectivity index (χ1) is 9.20. The number of hydrogen-bond acceptors (Lipinski definition) is 4. The molecule has 20 heavy (non-hydrogen) atoms. The number of alkyl carbamates (subject to hydrolysis) is 1. The Bertz CT molecular complexity index is 468. The Morgan fingerprint density at radius 2 is 1.95 bits per heavy atom. The average Bonchev–Trinajstić information content (AvgIpc) is 2.36. The molecule has 1 rings (SSSR count). The van der Waals surface area contributed by atoms with Crippen LogP contribution in [0.1, 0.15) is 33.3 Å². The molecule has 1 aromatic rings. The second-order valence-corrected chi connectivity index (χ2v) is 5.90. The van der Waals surface area contributed by atoms with Gasteiger partial charge in [0.2, 0.25) is 0 Å². The third kappa shape index (κ3) is 4.42. The zero-order valence-electron chi connectivity index (χ0n) is 12.8. The van der Waals surface area contributed by atoms with Gasteiger partial charge in [-0.15, -0.1) is 0 Å². The van der Waals surface area contributed by atoms with E-state index < -0.39 is 17.2 Å². The Morgan fingerprint density at radius 3 is 2.45 bits per heavy atom. The smallest absolute Gasteiger partial charge is 0.408 e. The summed E-state index contributed by atoms with van der Waals surface area (Å²) in [6.07, 6.45) is -0.492. The van der Waals surface area contributed by atoms with Crippen LogP contribution in [-0.2, 0) is 10.3 Å². The predicted octanol–water partition coefficient (Wildman–Crippen LogP) is 2.39. The Labute approximate surface area is 120 Å². The van der Waals surface area contributed by atoms with E-state index in [-0.39, 0.29) is 6.54 Å². The minimum Gasteiger partial charge on any atom is -0.497 e. The predicted molar refractivity (Wildman–Crippen MR) is 78.8 cm³/mol. The standard InChI is InChI=1S/C15H24N2O3/c1-14(2,3)20-13(18)17-15(4,10-16)11-7-6-8-12(9-11)19-5/h6-9H,10,16H2,1-5H3,(H,17,18). The average molecular weight is 280 g/mol. The summed E-state index contributed by atoms with van der Waals surface area (Å²) in [6.45, 7) is 7.55. The number of hydrogen-bond donors (Lipinski definition) is 2. The summed E-state index contributed by atoms with van der Waals surface area (Å²) in [4.78, 5) is 11.9. The molecule has 0 fully saturated rings. The summed E-state index contributed by atoms with van der Waals surface area (Å²) >= 11 is 0. The van der Waals surface area contributed by atoms with Gasteiger partial charge in [-0.1, -0.05) is 12.1 Å². The van der Waals surface area contributed by atoms with Crippen LogP contribution >= 0.6 is 0 Å². The number of rotatable bonds is 4. The van der Waals surface area contributed by atoms with Crippen molar-refractivity contribution < 1.29 is 14.3 Å². The number of nitrogens with one attached hydrogen (secondary N) is 1. The summed E-state index contributed by atoms with van der Waals surface area (Å²) in [5, 5.41) is 2.83. The van der Waals surface area contributed by atoms with Gasteiger partial charge in [-0.3, -0.25) is 0 Å². The summed E-state index contributed by atoms with van der Waals surface area (Å²) in [5.41, 5.74) is 5.44. The molecule has 5 nitrogen and oxygen atoms in total. The van der Waals surface area contributed by atoms with Crippen LogP contribution in [0.15, 0.2) is 24.3 Å². The van der Waals surface area contributed by atoms with Gasteiger partial charge in [0, 0.05) is 6.54 Å². The molecule has 0 heterocycles. The molecular formula is C15H24N2O3. The van der Waals surface area contributed by atoms with Crippen LogP contribution in [0, 0.1) is 0 Å². The first-order valence-electron chi connectivity index (χ1n) is 6.56. The maximum absolute atomic E-state index is 11.9. The largest absolute Gasteiger partial charge is 0.497 e. The van der Waals surface area contributed by atoms with E-state index in [0.717, 1.165) is 5.56 Å². The van der Waals surface area contributed by atoms with E-state index >= 15 is 0 Å². The zero-order valence-corrected chi connectivity index (χ0v) is 12.8. The number of carbonyl (C=O) groups excluding carboxylic acids is 1. The van der Waals surface area contributed by atoms with Crippen molar-refractivity contribution in [2.75, 3.05) is 13.7 Å². The summed E-state index contributed by atoms with van der Waals surface area (Å²) in [5.74, 6) is 0.716. The minimum absolute atomic E-state index is 0.249. The maximum Gasteiger partial charge on any atom is 0.408 e. The number of methoxy groups -OCH3 is 1. The van der Waals surface area contributed by atoms with Gasteiger partial charge < -0.3 is 20.5 Å². The van der Waals surface area contributed by atoms with Crippen molar-refractivity contribution in [2.45, 2.75) is 38.8 Å². The van der Waals surface area contributed by atoms with Crippen molar-refractivity contribution in [3.63, 3.8) is 0 Å². The van der Waals surface area contributed by atoms with Crippen LogP contribution in [0.3, 0.4) is 0 Å². The lowest BCUT2D eigenvalue weighted by atomic mass is 9.92. The van der Waals surface area contributed by atoms with Crippen LogP contribution in [0.2, 0.25) is 0 Å². The van der Waals surface area contributed by atoms with Gasteiger partial charge in [-0.05, 0) is 45.4 Å². The molecule has 0 spiro atoms. The fourth-order valence-corrected chi connectivity index (χ4v) is 1.74. The molecule has 3 N–H and O–H groups in total. The van der Waals surface area contributed by atoms with E-state index in [4.69, 9.17) is 15.2 Å². The monoisotopic (exact) mass is 280 g/mol. The second-order valence-electron chi connectivity index (χ2n) is 5.90. The quantitative estimate of drug-likeness (QED) is 0.888. The van der Waals surface area contributed by atoms with E-state index in [1.807, 2.05) is 52.0 Å². The lowest BCUT2D eigenvalue weighted by molar-refractivity contribution is 0.0465. The fraction of sp³-hybridized carbons (Fsp3) is 0.533. The highest BCUT2D eigenvalue weighted by Gasteiger charge is 2.29. The number of amides is 1. The van der Waals surface area contributed by atoms with Crippen LogP contribution < -0.4 is 15.8 Å². The van der Waals surface area contributed by atoms with Gasteiger partial charge in [0.05, 0.1) is 12.6 Å². The maximum atomic E-state index is 11.9. The highest BCUT2D eigenvalue weighted by atomic mass is 16.6. The van der Waals surface area contributed by atoms with E-state index in [0.29, 0.717) is 5.75 Å². The van der Waals surface area contributed by atoms with Crippen LogP contribution in [0.25, 0.3) is 0 Å². The molecule has 1 unspecified atom stereocenters. The number of nitrogens with two attached hydrogens (primary N) is 1. The van der Waals surface area contributed by atoms with Gasteiger partial charge in [-0.25, -0.2) is 4.79 Å². The van der Waals surface area contributed by atoms with E-state index in [1.165, 1.54) is 0 Å². The van der Waals surface area contributed by atoms with Crippen molar-refractivity contribution in [1.29, 1.82) is 0 Å². The van der Waals surface area contributed by atoms with Gasteiger partial charge in [-0.2, -0.15) is 0 Å². The molecule has 0 saturated heterocycles. The molecule has 0 aliphatic heterocycles. The Hall–Kier alpha value is -1.75. The Balaban J connectivity index is 2.93. The highest BCUT2D eigenvalue weighted by molar-refractivity contribution is 5.69. The van der Waals surface area contributed by atoms with Gasteiger partial charge in [0.15, 0.2) is 0 Å². The zero-order chi connectivity index (χ0) is 15.4. The van der Waals surface area contributed by atoms with E-state index in [2.05, 4.69) is 5.32 Å².